The van der Waals surface area contributed by atoms with Crippen LogP contribution in [0.3, 0.4) is 0 Å². The van der Waals surface area contributed by atoms with Crippen LogP contribution < -0.4 is 15.4 Å². The van der Waals surface area contributed by atoms with Crippen LogP contribution in [0.5, 0.6) is 5.75 Å². The number of methoxy groups -OCH3 is 1. The van der Waals surface area contributed by atoms with Crippen LogP contribution in [0, 0.1) is 0 Å². The predicted molar refractivity (Wildman–Crippen MR) is 91.4 cm³/mol. The third-order valence-corrected chi connectivity index (χ3v) is 4.17. The van der Waals surface area contributed by atoms with Crippen molar-refractivity contribution < 1.29 is 14.3 Å². The second-order valence-corrected chi connectivity index (χ2v) is 6.18. The van der Waals surface area contributed by atoms with Gasteiger partial charge in [-0.1, -0.05) is 17.7 Å². The van der Waals surface area contributed by atoms with Crippen LogP contribution in [0.4, 0.5) is 0 Å². The van der Waals surface area contributed by atoms with Gasteiger partial charge in [-0.2, -0.15) is 0 Å². The molecule has 0 atom stereocenters. The fraction of sp³-hybridized carbons (Fsp3) is 0.250. The Balaban J connectivity index is 1.76. The van der Waals surface area contributed by atoms with Crippen LogP contribution in [-0.4, -0.2) is 32.0 Å². The Morgan fingerprint density at radius 2 is 2.00 bits per heavy atom. The number of amides is 2. The fourth-order valence-corrected chi connectivity index (χ4v) is 2.84. The molecule has 0 aliphatic rings. The summed E-state index contributed by atoms with van der Waals surface area (Å²) in [4.78, 5) is 24.8. The van der Waals surface area contributed by atoms with Gasteiger partial charge >= 0.3 is 0 Å². The standard InChI is InChI=1S/C16H17ClN2O3S/c1-22-14-5-4-11(17)9-13(14)16(21)19-7-6-18-15(20)10-12-3-2-8-23-12/h2-5,8-9H,6-7,10H2,1H3,(H,18,20)(H,19,21). The van der Waals surface area contributed by atoms with Gasteiger partial charge < -0.3 is 15.4 Å². The highest BCUT2D eigenvalue weighted by Gasteiger charge is 2.12. The van der Waals surface area contributed by atoms with Crippen molar-refractivity contribution in [3.05, 3.63) is 51.2 Å². The molecule has 0 saturated heterocycles. The van der Waals surface area contributed by atoms with Crippen molar-refractivity contribution in [3.8, 4) is 5.75 Å². The number of nitrogens with one attached hydrogen (secondary N) is 2. The topological polar surface area (TPSA) is 67.4 Å². The molecule has 2 aromatic rings. The first kappa shape index (κ1) is 17.3. The van der Waals surface area contributed by atoms with Crippen molar-refractivity contribution in [2.45, 2.75) is 6.42 Å². The molecule has 0 aliphatic carbocycles. The van der Waals surface area contributed by atoms with Crippen molar-refractivity contribution in [2.24, 2.45) is 0 Å². The third-order valence-electron chi connectivity index (χ3n) is 3.05. The number of benzene rings is 1. The highest BCUT2D eigenvalue weighted by atomic mass is 35.5. The van der Waals surface area contributed by atoms with Crippen LogP contribution in [-0.2, 0) is 11.2 Å². The minimum Gasteiger partial charge on any atom is -0.496 e. The molecule has 0 fully saturated rings. The molecule has 1 aromatic heterocycles. The van der Waals surface area contributed by atoms with Gasteiger partial charge in [-0.3, -0.25) is 9.59 Å². The van der Waals surface area contributed by atoms with E-state index in [2.05, 4.69) is 10.6 Å². The molecular weight excluding hydrogens is 336 g/mol. The molecule has 122 valence electrons. The predicted octanol–water partition coefficient (Wildman–Crippen LogP) is 2.50. The summed E-state index contributed by atoms with van der Waals surface area (Å²) >= 11 is 7.44. The zero-order valence-electron chi connectivity index (χ0n) is 12.6. The van der Waals surface area contributed by atoms with Crippen LogP contribution in [0.25, 0.3) is 0 Å². The Morgan fingerprint density at radius 3 is 2.70 bits per heavy atom. The van der Waals surface area contributed by atoms with E-state index in [4.69, 9.17) is 16.3 Å². The van der Waals surface area contributed by atoms with E-state index in [0.29, 0.717) is 35.8 Å². The normalized spacial score (nSPS) is 10.2. The summed E-state index contributed by atoms with van der Waals surface area (Å²) < 4.78 is 5.14. The average molecular weight is 353 g/mol. The molecule has 0 aliphatic heterocycles. The summed E-state index contributed by atoms with van der Waals surface area (Å²) in [7, 11) is 1.49. The van der Waals surface area contributed by atoms with E-state index < -0.39 is 0 Å². The van der Waals surface area contributed by atoms with Crippen LogP contribution >= 0.6 is 22.9 Å². The lowest BCUT2D eigenvalue weighted by Crippen LogP contribution is -2.35. The first-order valence-corrected chi connectivity index (χ1v) is 8.26. The number of carbonyl (C=O) groups excluding carboxylic acids is 2. The van der Waals surface area contributed by atoms with E-state index in [9.17, 15) is 9.59 Å². The number of hydrogen-bond acceptors (Lipinski definition) is 4. The number of rotatable bonds is 7. The number of carbonyl (C=O) groups is 2. The molecule has 0 bridgehead atoms. The Kier molecular flexibility index (Phi) is 6.43. The first-order valence-electron chi connectivity index (χ1n) is 7.01. The van der Waals surface area contributed by atoms with Gasteiger partial charge in [0, 0.05) is 23.0 Å². The summed E-state index contributed by atoms with van der Waals surface area (Å²) in [6, 6.07) is 8.66. The highest BCUT2D eigenvalue weighted by Crippen LogP contribution is 2.22. The minimum absolute atomic E-state index is 0.0676. The first-order chi connectivity index (χ1) is 11.1. The monoisotopic (exact) mass is 352 g/mol. The molecule has 0 saturated carbocycles. The molecule has 7 heteroatoms. The smallest absolute Gasteiger partial charge is 0.255 e. The quantitative estimate of drug-likeness (QED) is 0.752. The minimum atomic E-state index is -0.295. The van der Waals surface area contributed by atoms with Crippen molar-refractivity contribution in [1.29, 1.82) is 0 Å². The second kappa shape index (κ2) is 8.55. The van der Waals surface area contributed by atoms with Gasteiger partial charge in [0.1, 0.15) is 5.75 Å². The zero-order valence-corrected chi connectivity index (χ0v) is 14.2. The van der Waals surface area contributed by atoms with Gasteiger partial charge in [-0.05, 0) is 29.6 Å². The lowest BCUT2D eigenvalue weighted by Gasteiger charge is -2.10. The summed E-state index contributed by atoms with van der Waals surface area (Å²) in [6.07, 6.45) is 0.355. The van der Waals surface area contributed by atoms with Crippen molar-refractivity contribution in [3.63, 3.8) is 0 Å². The summed E-state index contributed by atoms with van der Waals surface area (Å²) in [5.74, 6) is 0.0903. The summed E-state index contributed by atoms with van der Waals surface area (Å²) in [5, 5.41) is 7.88. The van der Waals surface area contributed by atoms with Gasteiger partial charge in [-0.25, -0.2) is 0 Å². The molecule has 23 heavy (non-hydrogen) atoms. The van der Waals surface area contributed by atoms with Gasteiger partial charge in [0.05, 0.1) is 19.1 Å². The Labute approximate surface area is 143 Å². The van der Waals surface area contributed by atoms with Crippen LogP contribution in [0.1, 0.15) is 15.2 Å². The molecule has 2 amide bonds. The van der Waals surface area contributed by atoms with Gasteiger partial charge in [0.15, 0.2) is 0 Å². The molecule has 0 radical (unpaired) electrons. The molecule has 1 aromatic carbocycles. The van der Waals surface area contributed by atoms with Crippen molar-refractivity contribution in [2.75, 3.05) is 20.2 Å². The Bertz CT molecular complexity index is 674. The van der Waals surface area contributed by atoms with E-state index >= 15 is 0 Å². The van der Waals surface area contributed by atoms with Gasteiger partial charge in [0.2, 0.25) is 5.91 Å². The summed E-state index contributed by atoms with van der Waals surface area (Å²) in [6.45, 7) is 0.684. The van der Waals surface area contributed by atoms with Crippen LogP contribution in [0.2, 0.25) is 5.02 Å². The van der Waals surface area contributed by atoms with E-state index in [1.54, 1.807) is 29.5 Å². The molecule has 2 N–H and O–H groups in total. The second-order valence-electron chi connectivity index (χ2n) is 4.71. The molecular formula is C16H17ClN2O3S. The van der Waals surface area contributed by atoms with Gasteiger partial charge in [-0.15, -0.1) is 11.3 Å². The largest absolute Gasteiger partial charge is 0.496 e. The molecule has 1 heterocycles. The fourth-order valence-electron chi connectivity index (χ4n) is 1.96. The summed E-state index contributed by atoms with van der Waals surface area (Å²) in [5.41, 5.74) is 0.366. The van der Waals surface area contributed by atoms with Gasteiger partial charge in [0.25, 0.3) is 5.91 Å². The number of hydrogen-bond donors (Lipinski definition) is 2. The van der Waals surface area contributed by atoms with Crippen LogP contribution in [0.15, 0.2) is 35.7 Å². The van der Waals surface area contributed by atoms with E-state index in [0.717, 1.165) is 4.88 Å². The maximum absolute atomic E-state index is 12.1. The van der Waals surface area contributed by atoms with Crippen molar-refractivity contribution in [1.82, 2.24) is 10.6 Å². The molecule has 5 nitrogen and oxygen atoms in total. The average Bonchev–Trinajstić information content (AvgIpc) is 3.04. The Hall–Kier alpha value is -2.05. The maximum Gasteiger partial charge on any atom is 0.255 e. The number of thiophene rings is 1. The third kappa shape index (κ3) is 5.26. The lowest BCUT2D eigenvalue weighted by atomic mass is 10.2. The number of halogens is 1. The lowest BCUT2D eigenvalue weighted by molar-refractivity contribution is -0.120. The van der Waals surface area contributed by atoms with E-state index in [-0.39, 0.29) is 11.8 Å². The highest BCUT2D eigenvalue weighted by molar-refractivity contribution is 7.10. The SMILES string of the molecule is COc1ccc(Cl)cc1C(=O)NCCNC(=O)Cc1cccs1. The Morgan fingerprint density at radius 1 is 1.22 bits per heavy atom. The van der Waals surface area contributed by atoms with E-state index in [1.807, 2.05) is 17.5 Å². The van der Waals surface area contributed by atoms with E-state index in [1.165, 1.54) is 7.11 Å². The molecule has 0 spiro atoms. The molecule has 0 unspecified atom stereocenters. The van der Waals surface area contributed by atoms with Crippen molar-refractivity contribution >= 4 is 34.8 Å². The number of ether oxygens (including phenoxy) is 1. The molecule has 2 rings (SSSR count). The zero-order chi connectivity index (χ0) is 16.7. The maximum atomic E-state index is 12.1.